The molecule has 2 aliphatic rings. The fourth-order valence-corrected chi connectivity index (χ4v) is 12.3. The number of hydrogen-bond acceptors (Lipinski definition) is 3. The van der Waals surface area contributed by atoms with E-state index in [2.05, 4.69) is 241 Å². The third-order valence-corrected chi connectivity index (χ3v) is 15.2. The van der Waals surface area contributed by atoms with Crippen molar-refractivity contribution in [1.29, 1.82) is 0 Å². The average molecular weight is 858 g/mol. The minimum Gasteiger partial charge on any atom is -0.455 e. The van der Waals surface area contributed by atoms with Crippen molar-refractivity contribution < 1.29 is 4.74 Å². The molecule has 3 heteroatoms. The van der Waals surface area contributed by atoms with Crippen LogP contribution in [-0.4, -0.2) is 0 Å². The summed E-state index contributed by atoms with van der Waals surface area (Å²) in [5.41, 5.74) is 14.9. The van der Waals surface area contributed by atoms with Gasteiger partial charge in [0, 0.05) is 53.4 Å². The molecule has 308 valence electrons. The van der Waals surface area contributed by atoms with Crippen molar-refractivity contribution in [1.82, 2.24) is 0 Å². The molecule has 0 N–H and O–H groups in total. The zero-order valence-electron chi connectivity index (χ0n) is 35.8. The fraction of sp³-hybridized carbons (Fsp3) is 0.0159. The molecule has 0 atom stereocenters. The summed E-state index contributed by atoms with van der Waals surface area (Å²) in [7, 11) is 0. The van der Waals surface area contributed by atoms with Crippen LogP contribution in [0.15, 0.2) is 237 Å². The van der Waals surface area contributed by atoms with Crippen molar-refractivity contribution in [3.63, 3.8) is 0 Å². The van der Waals surface area contributed by atoms with Gasteiger partial charge in [-0.05, 0) is 104 Å². The molecule has 1 aliphatic heterocycles. The highest BCUT2D eigenvalue weighted by Crippen LogP contribution is 2.64. The van der Waals surface area contributed by atoms with Gasteiger partial charge in [0.25, 0.3) is 0 Å². The summed E-state index contributed by atoms with van der Waals surface area (Å²) in [6, 6.07) is 86.9. The predicted octanol–water partition coefficient (Wildman–Crippen LogP) is 17.6. The molecule has 2 heterocycles. The van der Waals surface area contributed by atoms with E-state index in [4.69, 9.17) is 4.74 Å². The molecule has 1 aromatic heterocycles. The molecule has 0 radical (unpaired) electrons. The van der Waals surface area contributed by atoms with E-state index in [-0.39, 0.29) is 0 Å². The van der Waals surface area contributed by atoms with Crippen molar-refractivity contribution in [3.8, 4) is 44.9 Å². The van der Waals surface area contributed by atoms with Gasteiger partial charge in [-0.3, -0.25) is 0 Å². The molecule has 14 rings (SSSR count). The quantitative estimate of drug-likeness (QED) is 0.171. The lowest BCUT2D eigenvalue weighted by Gasteiger charge is -2.40. The van der Waals surface area contributed by atoms with Gasteiger partial charge in [0.1, 0.15) is 11.5 Å². The third kappa shape index (κ3) is 5.35. The summed E-state index contributed by atoms with van der Waals surface area (Å²) in [4.78, 5) is 2.44. The largest absolute Gasteiger partial charge is 0.455 e. The molecule has 1 spiro atoms. The summed E-state index contributed by atoms with van der Waals surface area (Å²) >= 11 is 1.86. The lowest BCUT2D eigenvalue weighted by molar-refractivity contribution is 0.447. The summed E-state index contributed by atoms with van der Waals surface area (Å²) in [5.74, 6) is 1.86. The van der Waals surface area contributed by atoms with Gasteiger partial charge < -0.3 is 9.64 Å². The SMILES string of the molecule is c1ccc(-c2cccc(N(c3ccc(-c4ccc5c(c4)C4(c6ccccc6-5)c5ccc6ccccc6c5Oc5c4ccc4ccccc54)cc3)c3cccc4sc5ccccc5c34)c2)cc1. The number of benzene rings is 11. The van der Waals surface area contributed by atoms with Gasteiger partial charge in [0.05, 0.1) is 11.1 Å². The van der Waals surface area contributed by atoms with E-state index >= 15 is 0 Å². The number of ether oxygens (including phenoxy) is 1. The summed E-state index contributed by atoms with van der Waals surface area (Å²) in [6.45, 7) is 0. The van der Waals surface area contributed by atoms with Crippen LogP contribution in [0.3, 0.4) is 0 Å². The molecule has 0 unspecified atom stereocenters. The van der Waals surface area contributed by atoms with E-state index in [1.54, 1.807) is 0 Å². The highest BCUT2D eigenvalue weighted by molar-refractivity contribution is 7.26. The first-order valence-electron chi connectivity index (χ1n) is 22.7. The topological polar surface area (TPSA) is 12.5 Å². The molecular weight excluding hydrogens is 819 g/mol. The van der Waals surface area contributed by atoms with Crippen molar-refractivity contribution >= 4 is 70.1 Å². The molecule has 0 amide bonds. The molecular formula is C63H39NOS. The number of anilines is 3. The van der Waals surface area contributed by atoms with Crippen LogP contribution in [0.1, 0.15) is 22.3 Å². The van der Waals surface area contributed by atoms with Crippen molar-refractivity contribution in [2.24, 2.45) is 0 Å². The van der Waals surface area contributed by atoms with Gasteiger partial charge in [-0.15, -0.1) is 11.3 Å². The van der Waals surface area contributed by atoms with Gasteiger partial charge in [-0.2, -0.15) is 0 Å². The van der Waals surface area contributed by atoms with Crippen molar-refractivity contribution in [2.75, 3.05) is 4.90 Å². The number of hydrogen-bond donors (Lipinski definition) is 0. The number of thiophene rings is 1. The van der Waals surface area contributed by atoms with Crippen LogP contribution in [0.2, 0.25) is 0 Å². The standard InChI is InChI=1S/C63H39NOS/c1-2-14-40(15-3-1)44-18-12-19-47(38-44)64(57-25-13-27-59-60(57)52-23-9-11-26-58(52)66-59)46-33-28-41(29-34-46)45-30-35-51-50-22-8-10-24-53(50)63(56(51)39-45)54-36-31-42-16-4-6-20-48(42)61(54)65-62-49-21-7-5-17-43(49)32-37-55(62)63/h1-39H. The lowest BCUT2D eigenvalue weighted by Crippen LogP contribution is -2.32. The summed E-state index contributed by atoms with van der Waals surface area (Å²) in [5, 5.41) is 7.12. The smallest absolute Gasteiger partial charge is 0.140 e. The van der Waals surface area contributed by atoms with Crippen LogP contribution < -0.4 is 9.64 Å². The van der Waals surface area contributed by atoms with Crippen LogP contribution in [-0.2, 0) is 5.41 Å². The van der Waals surface area contributed by atoms with E-state index in [1.807, 2.05) is 11.3 Å². The molecule has 0 saturated carbocycles. The molecule has 0 fully saturated rings. The maximum absolute atomic E-state index is 7.22. The first-order valence-corrected chi connectivity index (χ1v) is 23.5. The minimum atomic E-state index is -0.610. The van der Waals surface area contributed by atoms with Gasteiger partial charge in [-0.1, -0.05) is 188 Å². The maximum Gasteiger partial charge on any atom is 0.140 e. The average Bonchev–Trinajstić information content (AvgIpc) is 3.91. The predicted molar refractivity (Wildman–Crippen MR) is 277 cm³/mol. The van der Waals surface area contributed by atoms with E-state index in [0.717, 1.165) is 44.9 Å². The van der Waals surface area contributed by atoms with Gasteiger partial charge in [0.2, 0.25) is 0 Å². The van der Waals surface area contributed by atoms with Gasteiger partial charge >= 0.3 is 0 Å². The molecule has 0 saturated heterocycles. The number of rotatable bonds is 5. The van der Waals surface area contributed by atoms with E-state index < -0.39 is 5.41 Å². The van der Waals surface area contributed by atoms with E-state index in [1.165, 1.54) is 81.0 Å². The maximum atomic E-state index is 7.22. The van der Waals surface area contributed by atoms with Gasteiger partial charge in [0.15, 0.2) is 0 Å². The molecule has 66 heavy (non-hydrogen) atoms. The second kappa shape index (κ2) is 14.4. The Balaban J connectivity index is 0.965. The van der Waals surface area contributed by atoms with Crippen LogP contribution in [0.5, 0.6) is 11.5 Å². The molecule has 12 aromatic rings. The number of nitrogens with zero attached hydrogens (tertiary/aromatic N) is 1. The minimum absolute atomic E-state index is 0.610. The lowest BCUT2D eigenvalue weighted by atomic mass is 9.65. The summed E-state index contributed by atoms with van der Waals surface area (Å²) < 4.78 is 9.79. The van der Waals surface area contributed by atoms with Crippen LogP contribution >= 0.6 is 11.3 Å². The second-order valence-electron chi connectivity index (χ2n) is 17.5. The first kappa shape index (κ1) is 37.2. The fourth-order valence-electron chi connectivity index (χ4n) is 11.2. The molecule has 0 bridgehead atoms. The normalized spacial score (nSPS) is 13.1. The highest BCUT2D eigenvalue weighted by Gasteiger charge is 2.52. The molecule has 2 nitrogen and oxygen atoms in total. The van der Waals surface area contributed by atoms with Crippen LogP contribution in [0.25, 0.3) is 75.1 Å². The number of fused-ring (bicyclic) bond motifs is 16. The zero-order chi connectivity index (χ0) is 43.3. The Kier molecular flexibility index (Phi) is 8.10. The Labute approximate surface area is 386 Å². The molecule has 11 aromatic carbocycles. The Morgan fingerprint density at radius 2 is 0.924 bits per heavy atom. The molecule has 1 aliphatic carbocycles. The second-order valence-corrected chi connectivity index (χ2v) is 18.6. The van der Waals surface area contributed by atoms with Crippen molar-refractivity contribution in [3.05, 3.63) is 259 Å². The van der Waals surface area contributed by atoms with E-state index in [9.17, 15) is 0 Å². The Morgan fingerprint density at radius 1 is 0.348 bits per heavy atom. The Hall–Kier alpha value is -8.24. The highest BCUT2D eigenvalue weighted by atomic mass is 32.1. The van der Waals surface area contributed by atoms with Crippen LogP contribution in [0.4, 0.5) is 17.1 Å². The Morgan fingerprint density at radius 3 is 1.70 bits per heavy atom. The van der Waals surface area contributed by atoms with Crippen molar-refractivity contribution in [2.45, 2.75) is 5.41 Å². The van der Waals surface area contributed by atoms with E-state index in [0.29, 0.717) is 0 Å². The third-order valence-electron chi connectivity index (χ3n) is 14.1. The summed E-state index contributed by atoms with van der Waals surface area (Å²) in [6.07, 6.45) is 0. The Bertz CT molecular complexity index is 3840. The first-order chi connectivity index (χ1) is 32.7. The van der Waals surface area contributed by atoms with Gasteiger partial charge in [-0.25, -0.2) is 0 Å². The zero-order valence-corrected chi connectivity index (χ0v) is 36.6. The van der Waals surface area contributed by atoms with Crippen LogP contribution in [0, 0.1) is 0 Å². The monoisotopic (exact) mass is 857 g/mol.